The van der Waals surface area contributed by atoms with Crippen LogP contribution in [0.25, 0.3) is 0 Å². The van der Waals surface area contributed by atoms with Gasteiger partial charge in [0.05, 0.1) is 33.2 Å². The summed E-state index contributed by atoms with van der Waals surface area (Å²) >= 11 is 0. The molecular formula is C14H18F4N3O2+. The third-order valence-corrected chi connectivity index (χ3v) is 3.48. The van der Waals surface area contributed by atoms with Gasteiger partial charge in [-0.2, -0.15) is 17.6 Å². The first-order chi connectivity index (χ1) is 10.8. The smallest absolute Gasteiger partial charge is 0.428 e. The highest BCUT2D eigenvalue weighted by atomic mass is 19.3. The molecular weight excluding hydrogens is 318 g/mol. The van der Waals surface area contributed by atoms with E-state index in [9.17, 15) is 22.4 Å². The predicted octanol–water partition coefficient (Wildman–Crippen LogP) is 0.398. The Morgan fingerprint density at radius 1 is 1.35 bits per heavy atom. The highest BCUT2D eigenvalue weighted by Crippen LogP contribution is 2.27. The van der Waals surface area contributed by atoms with Gasteiger partial charge in [0.25, 0.3) is 5.91 Å². The van der Waals surface area contributed by atoms with E-state index in [0.717, 1.165) is 25.2 Å². The summed E-state index contributed by atoms with van der Waals surface area (Å²) < 4.78 is 54.0. The number of hydrogen-bond donors (Lipinski definition) is 2. The second-order valence-electron chi connectivity index (χ2n) is 5.38. The molecule has 0 atom stereocenters. The lowest BCUT2D eigenvalue weighted by molar-refractivity contribution is -0.884. The Hall–Kier alpha value is -1.87. The summed E-state index contributed by atoms with van der Waals surface area (Å²) in [7, 11) is 2.04. The van der Waals surface area contributed by atoms with E-state index in [2.05, 4.69) is 10.2 Å². The lowest BCUT2D eigenvalue weighted by Gasteiger charge is -2.30. The molecule has 1 aromatic rings. The molecule has 0 aromatic heterocycles. The fourth-order valence-electron chi connectivity index (χ4n) is 2.11. The van der Waals surface area contributed by atoms with Gasteiger partial charge < -0.3 is 9.64 Å². The minimum atomic E-state index is -4.60. The normalized spacial score (nSPS) is 17.3. The van der Waals surface area contributed by atoms with E-state index >= 15 is 0 Å². The number of quaternary nitrogens is 1. The molecule has 1 aliphatic heterocycles. The summed E-state index contributed by atoms with van der Waals surface area (Å²) in [5.74, 6) is -0.999. The number of halogens is 4. The SMILES string of the molecule is C[NH+]1CCN(NC(=O)c2cccc(OC(F)(F)C(F)F)c2)CC1. The molecule has 0 unspecified atom stereocenters. The Morgan fingerprint density at radius 2 is 2.00 bits per heavy atom. The summed E-state index contributed by atoms with van der Waals surface area (Å²) in [6.07, 6.45) is -8.55. The quantitative estimate of drug-likeness (QED) is 0.765. The number of rotatable bonds is 5. The molecule has 1 aromatic carbocycles. The van der Waals surface area contributed by atoms with Crippen LogP contribution in [0.2, 0.25) is 0 Å². The topological polar surface area (TPSA) is 46.0 Å². The fourth-order valence-corrected chi connectivity index (χ4v) is 2.11. The van der Waals surface area contributed by atoms with Crippen molar-refractivity contribution in [3.05, 3.63) is 29.8 Å². The van der Waals surface area contributed by atoms with Gasteiger partial charge in [-0.05, 0) is 18.2 Å². The van der Waals surface area contributed by atoms with E-state index in [1.54, 1.807) is 5.01 Å². The molecule has 0 aliphatic carbocycles. The maximum Gasteiger partial charge on any atom is 0.461 e. The largest absolute Gasteiger partial charge is 0.461 e. The molecule has 128 valence electrons. The molecule has 0 saturated carbocycles. The standard InChI is InChI=1S/C14H17F4N3O2/c1-20-5-7-21(8-6-20)19-12(22)10-3-2-4-11(9-10)23-14(17,18)13(15)16/h2-4,9,13H,5-8H2,1H3,(H,19,22)/p+1. The van der Waals surface area contributed by atoms with E-state index in [4.69, 9.17) is 0 Å². The Labute approximate surface area is 130 Å². The van der Waals surface area contributed by atoms with Crippen molar-refractivity contribution in [2.24, 2.45) is 0 Å². The highest BCUT2D eigenvalue weighted by molar-refractivity contribution is 5.94. The number of carbonyl (C=O) groups is 1. The van der Waals surface area contributed by atoms with Crippen molar-refractivity contribution in [1.29, 1.82) is 0 Å². The first-order valence-corrected chi connectivity index (χ1v) is 7.10. The summed E-state index contributed by atoms with van der Waals surface area (Å²) in [5.41, 5.74) is 2.71. The second-order valence-corrected chi connectivity index (χ2v) is 5.38. The molecule has 0 radical (unpaired) electrons. The van der Waals surface area contributed by atoms with Gasteiger partial charge in [-0.1, -0.05) is 6.07 Å². The van der Waals surface area contributed by atoms with Gasteiger partial charge in [0.2, 0.25) is 0 Å². The highest BCUT2D eigenvalue weighted by Gasteiger charge is 2.44. The maximum absolute atomic E-state index is 12.9. The summed E-state index contributed by atoms with van der Waals surface area (Å²) in [5, 5.41) is 1.73. The van der Waals surface area contributed by atoms with Crippen molar-refractivity contribution in [2.45, 2.75) is 12.5 Å². The number of amides is 1. The van der Waals surface area contributed by atoms with Crippen molar-refractivity contribution >= 4 is 5.91 Å². The zero-order chi connectivity index (χ0) is 17.0. The molecule has 2 rings (SSSR count). The van der Waals surface area contributed by atoms with Crippen LogP contribution < -0.4 is 15.1 Å². The maximum atomic E-state index is 12.9. The molecule has 1 saturated heterocycles. The van der Waals surface area contributed by atoms with Crippen LogP contribution in [0.4, 0.5) is 17.6 Å². The number of carbonyl (C=O) groups excluding carboxylic acids is 1. The van der Waals surface area contributed by atoms with Gasteiger partial charge in [-0.25, -0.2) is 5.01 Å². The van der Waals surface area contributed by atoms with Crippen LogP contribution in [0.5, 0.6) is 5.75 Å². The minimum absolute atomic E-state index is 0.0545. The summed E-state index contributed by atoms with van der Waals surface area (Å²) in [4.78, 5) is 13.4. The van der Waals surface area contributed by atoms with E-state index < -0.39 is 24.2 Å². The minimum Gasteiger partial charge on any atom is -0.428 e. The van der Waals surface area contributed by atoms with Gasteiger partial charge in [-0.3, -0.25) is 10.2 Å². The Kier molecular flexibility index (Phi) is 5.42. The summed E-state index contributed by atoms with van der Waals surface area (Å²) in [6.45, 7) is 3.06. The van der Waals surface area contributed by atoms with Gasteiger partial charge >= 0.3 is 12.5 Å². The second kappa shape index (κ2) is 7.14. The number of hydrazine groups is 1. The molecule has 0 bridgehead atoms. The first-order valence-electron chi connectivity index (χ1n) is 7.10. The van der Waals surface area contributed by atoms with E-state index in [1.807, 2.05) is 7.05 Å². The van der Waals surface area contributed by atoms with Gasteiger partial charge in [0, 0.05) is 5.56 Å². The van der Waals surface area contributed by atoms with Crippen LogP contribution in [-0.2, 0) is 0 Å². The number of ether oxygens (including phenoxy) is 1. The van der Waals surface area contributed by atoms with Gasteiger partial charge in [-0.15, -0.1) is 0 Å². The molecule has 1 amide bonds. The zero-order valence-corrected chi connectivity index (χ0v) is 12.5. The number of likely N-dealkylation sites (N-methyl/N-ethyl adjacent to an activating group) is 1. The first kappa shape index (κ1) is 17.5. The fraction of sp³-hybridized carbons (Fsp3) is 0.500. The van der Waals surface area contributed by atoms with Gasteiger partial charge in [0.1, 0.15) is 5.75 Å². The lowest BCUT2D eigenvalue weighted by atomic mass is 10.2. The Morgan fingerprint density at radius 3 is 2.61 bits per heavy atom. The average molecular weight is 336 g/mol. The molecule has 5 nitrogen and oxygen atoms in total. The molecule has 9 heteroatoms. The van der Waals surface area contributed by atoms with Crippen LogP contribution in [0.1, 0.15) is 10.4 Å². The van der Waals surface area contributed by atoms with Crippen LogP contribution in [0, 0.1) is 0 Å². The van der Waals surface area contributed by atoms with E-state index in [0.29, 0.717) is 13.1 Å². The third-order valence-electron chi connectivity index (χ3n) is 3.48. The molecule has 2 N–H and O–H groups in total. The van der Waals surface area contributed by atoms with E-state index in [1.165, 1.54) is 17.0 Å². The molecule has 1 heterocycles. The molecule has 1 aliphatic rings. The molecule has 0 spiro atoms. The van der Waals surface area contributed by atoms with Crippen LogP contribution in [0.3, 0.4) is 0 Å². The Bertz CT molecular complexity index is 549. The van der Waals surface area contributed by atoms with Gasteiger partial charge in [0.15, 0.2) is 0 Å². The summed E-state index contributed by atoms with van der Waals surface area (Å²) in [6, 6.07) is 4.78. The molecule has 23 heavy (non-hydrogen) atoms. The average Bonchev–Trinajstić information content (AvgIpc) is 2.49. The van der Waals surface area contributed by atoms with Crippen molar-refractivity contribution in [2.75, 3.05) is 33.2 Å². The van der Waals surface area contributed by atoms with Crippen molar-refractivity contribution in [3.63, 3.8) is 0 Å². The molecule has 1 fully saturated rings. The van der Waals surface area contributed by atoms with Crippen molar-refractivity contribution < 1.29 is 32.0 Å². The van der Waals surface area contributed by atoms with Crippen molar-refractivity contribution in [3.8, 4) is 5.75 Å². The van der Waals surface area contributed by atoms with Crippen molar-refractivity contribution in [1.82, 2.24) is 10.4 Å². The van der Waals surface area contributed by atoms with Crippen LogP contribution >= 0.6 is 0 Å². The number of piperazine rings is 1. The number of benzene rings is 1. The third kappa shape index (κ3) is 4.80. The zero-order valence-electron chi connectivity index (χ0n) is 12.5. The van der Waals surface area contributed by atoms with Crippen LogP contribution in [0.15, 0.2) is 24.3 Å². The lowest BCUT2D eigenvalue weighted by Crippen LogP contribution is -3.12. The van der Waals surface area contributed by atoms with E-state index in [-0.39, 0.29) is 5.56 Å². The Balaban J connectivity index is 2.00. The number of nitrogens with zero attached hydrogens (tertiary/aromatic N) is 1. The predicted molar refractivity (Wildman–Crippen MR) is 73.7 cm³/mol. The monoisotopic (exact) mass is 336 g/mol. The van der Waals surface area contributed by atoms with Crippen LogP contribution in [-0.4, -0.2) is 56.7 Å². The number of hydrogen-bond acceptors (Lipinski definition) is 3. The number of alkyl halides is 4. The number of nitrogens with one attached hydrogen (secondary N) is 2.